The highest BCUT2D eigenvalue weighted by atomic mass is 32.1. The van der Waals surface area contributed by atoms with E-state index in [1.54, 1.807) is 11.3 Å². The van der Waals surface area contributed by atoms with Gasteiger partial charge in [0.15, 0.2) is 0 Å². The van der Waals surface area contributed by atoms with E-state index in [0.717, 1.165) is 28.3 Å². The molecule has 0 spiro atoms. The van der Waals surface area contributed by atoms with Crippen molar-refractivity contribution >= 4 is 33.1 Å². The van der Waals surface area contributed by atoms with Crippen molar-refractivity contribution in [2.75, 3.05) is 18.4 Å². The Labute approximate surface area is 164 Å². The highest BCUT2D eigenvalue weighted by molar-refractivity contribution is 7.21. The highest BCUT2D eigenvalue weighted by Gasteiger charge is 2.20. The van der Waals surface area contributed by atoms with Crippen molar-refractivity contribution in [2.45, 2.75) is 39.2 Å². The largest absolute Gasteiger partial charge is 0.325 e. The first-order valence-corrected chi connectivity index (χ1v) is 10.4. The molecule has 1 N–H and O–H groups in total. The third-order valence-electron chi connectivity index (χ3n) is 5.25. The molecule has 0 bridgehead atoms. The lowest BCUT2D eigenvalue weighted by Gasteiger charge is -2.32. The van der Waals surface area contributed by atoms with Gasteiger partial charge in [-0.1, -0.05) is 12.5 Å². The van der Waals surface area contributed by atoms with Crippen LogP contribution >= 0.6 is 11.3 Å². The van der Waals surface area contributed by atoms with Crippen molar-refractivity contribution < 1.29 is 4.79 Å². The molecule has 0 aliphatic carbocycles. The average molecular weight is 380 g/mol. The van der Waals surface area contributed by atoms with Crippen molar-refractivity contribution in [3.05, 3.63) is 48.0 Å². The molecule has 1 aromatic heterocycles. The monoisotopic (exact) mass is 379 g/mol. The van der Waals surface area contributed by atoms with Gasteiger partial charge < -0.3 is 5.32 Å². The van der Waals surface area contributed by atoms with E-state index in [1.807, 2.05) is 24.3 Å². The van der Waals surface area contributed by atoms with Gasteiger partial charge in [-0.3, -0.25) is 9.69 Å². The molecule has 1 atom stereocenters. The second kappa shape index (κ2) is 7.79. The summed E-state index contributed by atoms with van der Waals surface area (Å²) in [6.07, 6.45) is 3.64. The van der Waals surface area contributed by atoms with Gasteiger partial charge in [-0.15, -0.1) is 11.3 Å². The Hall–Kier alpha value is -2.24. The summed E-state index contributed by atoms with van der Waals surface area (Å²) in [6, 6.07) is 14.8. The molecule has 2 heterocycles. The van der Waals surface area contributed by atoms with Gasteiger partial charge in [0, 0.05) is 17.3 Å². The predicted molar refractivity (Wildman–Crippen MR) is 113 cm³/mol. The Morgan fingerprint density at radius 1 is 1.22 bits per heavy atom. The van der Waals surface area contributed by atoms with Gasteiger partial charge in [0.25, 0.3) is 0 Å². The predicted octanol–water partition coefficient (Wildman–Crippen LogP) is 5.08. The zero-order valence-corrected chi connectivity index (χ0v) is 16.7. The number of likely N-dealkylation sites (tertiary alicyclic amines) is 1. The zero-order chi connectivity index (χ0) is 18.8. The number of hydrogen-bond donors (Lipinski definition) is 1. The quantitative estimate of drug-likeness (QED) is 0.687. The number of thiazole rings is 1. The van der Waals surface area contributed by atoms with E-state index in [9.17, 15) is 4.79 Å². The maximum absolute atomic E-state index is 12.4. The van der Waals surface area contributed by atoms with Crippen LogP contribution < -0.4 is 5.32 Å². The Balaban J connectivity index is 1.42. The number of aryl methyl sites for hydroxylation is 1. The molecule has 1 fully saturated rings. The first-order chi connectivity index (χ1) is 13.1. The van der Waals surface area contributed by atoms with E-state index in [0.29, 0.717) is 12.6 Å². The van der Waals surface area contributed by atoms with Crippen molar-refractivity contribution in [2.24, 2.45) is 0 Å². The molecule has 2 aromatic carbocycles. The number of hydrogen-bond acceptors (Lipinski definition) is 4. The smallest absolute Gasteiger partial charge is 0.238 e. The molecule has 1 aliphatic rings. The number of nitrogens with zero attached hydrogens (tertiary/aromatic N) is 2. The van der Waals surface area contributed by atoms with Crippen LogP contribution in [0.25, 0.3) is 20.8 Å². The Bertz CT molecular complexity index is 948. The normalized spacial score (nSPS) is 17.9. The number of anilines is 1. The van der Waals surface area contributed by atoms with E-state index in [-0.39, 0.29) is 5.91 Å². The molecule has 4 rings (SSSR count). The number of piperidine rings is 1. The van der Waals surface area contributed by atoms with Crippen molar-refractivity contribution in [3.63, 3.8) is 0 Å². The fourth-order valence-electron chi connectivity index (χ4n) is 3.63. The molecule has 1 unspecified atom stereocenters. The van der Waals surface area contributed by atoms with Gasteiger partial charge in [0.1, 0.15) is 5.01 Å². The molecular weight excluding hydrogens is 354 g/mol. The minimum absolute atomic E-state index is 0.0620. The Morgan fingerprint density at radius 2 is 2.04 bits per heavy atom. The molecule has 27 heavy (non-hydrogen) atoms. The standard InChI is InChI=1S/C22H25N3OS/c1-15-6-11-19-20(13-15)27-22(24-19)17-7-9-18(10-8-17)23-21(26)14-25-12-4-3-5-16(25)2/h6-11,13,16H,3-5,12,14H2,1-2H3,(H,23,26). The van der Waals surface area contributed by atoms with Gasteiger partial charge >= 0.3 is 0 Å². The van der Waals surface area contributed by atoms with Crippen LogP contribution in [0, 0.1) is 6.92 Å². The van der Waals surface area contributed by atoms with Crippen LogP contribution in [0.3, 0.4) is 0 Å². The van der Waals surface area contributed by atoms with Crippen molar-refractivity contribution in [1.82, 2.24) is 9.88 Å². The number of amides is 1. The molecule has 4 nitrogen and oxygen atoms in total. The van der Waals surface area contributed by atoms with Crippen LogP contribution in [0.2, 0.25) is 0 Å². The van der Waals surface area contributed by atoms with Crippen molar-refractivity contribution in [1.29, 1.82) is 0 Å². The van der Waals surface area contributed by atoms with Crippen molar-refractivity contribution in [3.8, 4) is 10.6 Å². The summed E-state index contributed by atoms with van der Waals surface area (Å²) in [5.41, 5.74) is 4.20. The number of benzene rings is 2. The lowest BCUT2D eigenvalue weighted by Crippen LogP contribution is -2.42. The number of nitrogens with one attached hydrogen (secondary N) is 1. The fourth-order valence-corrected chi connectivity index (χ4v) is 4.70. The summed E-state index contributed by atoms with van der Waals surface area (Å²) in [5.74, 6) is 0.0620. The molecule has 3 aromatic rings. The molecule has 1 amide bonds. The second-order valence-electron chi connectivity index (χ2n) is 7.43. The molecule has 1 aliphatic heterocycles. The van der Waals surface area contributed by atoms with Crippen LogP contribution in [-0.2, 0) is 4.79 Å². The Morgan fingerprint density at radius 3 is 2.81 bits per heavy atom. The zero-order valence-electron chi connectivity index (χ0n) is 15.9. The first kappa shape index (κ1) is 18.1. The molecule has 0 saturated carbocycles. The minimum atomic E-state index is 0.0620. The molecule has 0 radical (unpaired) electrons. The summed E-state index contributed by atoms with van der Waals surface area (Å²) in [4.78, 5) is 19.4. The molecular formula is C22H25N3OS. The van der Waals surface area contributed by atoms with Crippen LogP contribution in [0.1, 0.15) is 31.7 Å². The number of rotatable bonds is 4. The number of fused-ring (bicyclic) bond motifs is 1. The second-order valence-corrected chi connectivity index (χ2v) is 8.46. The Kier molecular flexibility index (Phi) is 5.23. The summed E-state index contributed by atoms with van der Waals surface area (Å²) in [7, 11) is 0. The summed E-state index contributed by atoms with van der Waals surface area (Å²) < 4.78 is 1.21. The summed E-state index contributed by atoms with van der Waals surface area (Å²) in [6.45, 7) is 5.80. The molecule has 140 valence electrons. The lowest BCUT2D eigenvalue weighted by atomic mass is 10.0. The third-order valence-corrected chi connectivity index (χ3v) is 6.31. The third kappa shape index (κ3) is 4.20. The van der Waals surface area contributed by atoms with E-state index in [4.69, 9.17) is 4.98 Å². The summed E-state index contributed by atoms with van der Waals surface area (Å²) >= 11 is 1.70. The van der Waals surface area contributed by atoms with Crippen LogP contribution in [0.15, 0.2) is 42.5 Å². The number of carbonyl (C=O) groups is 1. The van der Waals surface area contributed by atoms with Gasteiger partial charge in [-0.2, -0.15) is 0 Å². The number of aromatic nitrogens is 1. The summed E-state index contributed by atoms with van der Waals surface area (Å²) in [5, 5.41) is 4.03. The van der Waals surface area contributed by atoms with Gasteiger partial charge in [-0.05, 0) is 75.2 Å². The van der Waals surface area contributed by atoms with Gasteiger partial charge in [0.05, 0.1) is 16.8 Å². The van der Waals surface area contributed by atoms with Crippen LogP contribution in [0.4, 0.5) is 5.69 Å². The molecule has 5 heteroatoms. The van der Waals surface area contributed by atoms with Crippen LogP contribution in [-0.4, -0.2) is 34.9 Å². The number of carbonyl (C=O) groups excluding carboxylic acids is 1. The highest BCUT2D eigenvalue weighted by Crippen LogP contribution is 2.31. The fraction of sp³-hybridized carbons (Fsp3) is 0.364. The maximum Gasteiger partial charge on any atom is 0.238 e. The first-order valence-electron chi connectivity index (χ1n) is 9.60. The minimum Gasteiger partial charge on any atom is -0.325 e. The topological polar surface area (TPSA) is 45.2 Å². The SMILES string of the molecule is Cc1ccc2nc(-c3ccc(NC(=O)CN4CCCCC4C)cc3)sc2c1. The van der Waals surface area contributed by atoms with Crippen LogP contribution in [0.5, 0.6) is 0 Å². The van der Waals surface area contributed by atoms with E-state index >= 15 is 0 Å². The van der Waals surface area contributed by atoms with Gasteiger partial charge in [0.2, 0.25) is 5.91 Å². The lowest BCUT2D eigenvalue weighted by molar-refractivity contribution is -0.118. The van der Waals surface area contributed by atoms with E-state index in [1.165, 1.54) is 29.5 Å². The maximum atomic E-state index is 12.4. The van der Waals surface area contributed by atoms with E-state index in [2.05, 4.69) is 42.3 Å². The molecule has 1 saturated heterocycles. The van der Waals surface area contributed by atoms with E-state index < -0.39 is 0 Å². The van der Waals surface area contributed by atoms with Gasteiger partial charge in [-0.25, -0.2) is 4.98 Å². The average Bonchev–Trinajstić information content (AvgIpc) is 3.07.